The largest absolute Gasteiger partial charge is 0.508 e. The van der Waals surface area contributed by atoms with Gasteiger partial charge in [0.05, 0.1) is 19.6 Å². The van der Waals surface area contributed by atoms with Crippen molar-refractivity contribution in [3.05, 3.63) is 151 Å². The highest BCUT2D eigenvalue weighted by Gasteiger charge is 2.22. The maximum atomic E-state index is 14.1. The number of ketones is 1. The van der Waals surface area contributed by atoms with E-state index in [0.717, 1.165) is 91.9 Å². The molecule has 5 rings (SSSR count). The summed E-state index contributed by atoms with van der Waals surface area (Å²) >= 11 is 1.41. The lowest BCUT2D eigenvalue weighted by Crippen LogP contribution is -2.38. The second-order valence-corrected chi connectivity index (χ2v) is 15.7. The minimum atomic E-state index is -0.461. The number of allylic oxidation sites excluding steroid dienone is 12. The van der Waals surface area contributed by atoms with Crippen molar-refractivity contribution in [3.8, 4) is 27.7 Å². The number of fused-ring (bicyclic) bond motifs is 1. The third-order valence-electron chi connectivity index (χ3n) is 9.93. The predicted octanol–water partition coefficient (Wildman–Crippen LogP) is 11.1. The van der Waals surface area contributed by atoms with E-state index < -0.39 is 5.97 Å². The molecule has 3 aromatic carbocycles. The minimum Gasteiger partial charge on any atom is -0.508 e. The van der Waals surface area contributed by atoms with Gasteiger partial charge in [0.15, 0.2) is 5.78 Å². The summed E-state index contributed by atoms with van der Waals surface area (Å²) in [4.78, 5) is 42.0. The molecule has 10 heteroatoms. The van der Waals surface area contributed by atoms with E-state index in [1.165, 1.54) is 11.3 Å². The molecule has 0 radical (unpaired) electrons. The number of rotatable bonds is 25. The molecule has 1 aromatic heterocycles. The van der Waals surface area contributed by atoms with Crippen LogP contribution in [0.2, 0.25) is 0 Å². The van der Waals surface area contributed by atoms with Crippen LogP contribution in [0.5, 0.6) is 17.2 Å². The van der Waals surface area contributed by atoms with Crippen molar-refractivity contribution in [3.63, 3.8) is 0 Å². The monoisotopic (exact) mass is 856 g/mol. The van der Waals surface area contributed by atoms with E-state index >= 15 is 0 Å². The predicted molar refractivity (Wildman–Crippen MR) is 252 cm³/mol. The standard InChI is InChI=1S/C52H60N2O7S/c1-2-3-4-5-6-7-8-9-10-11-12-13-14-15-16-17-18-19-20-21-48(56)53-33-32-49(57)61-45-29-24-42(25-30-45)52-50(46-31-26-43(55)40-47(46)62-52)51(58)41-22-27-44(28-23-41)60-39-36-54-34-37-59-38-35-54/h3-4,6-7,9-10,12-13,15-16,18-19,22-31,40,55H,2,5,8,11,14,17,20-21,32-39H2,1H3,(H,53,56). The number of carbonyl (C=O) groups excluding carboxylic acids is 3. The number of esters is 1. The number of phenols is 1. The Morgan fingerprint density at radius 1 is 0.742 bits per heavy atom. The molecule has 1 aliphatic heterocycles. The molecule has 0 saturated carbocycles. The number of nitrogens with zero attached hydrogens (tertiary/aromatic N) is 1. The molecule has 2 heterocycles. The van der Waals surface area contributed by atoms with E-state index in [9.17, 15) is 19.5 Å². The van der Waals surface area contributed by atoms with Crippen molar-refractivity contribution in [1.82, 2.24) is 10.2 Å². The van der Waals surface area contributed by atoms with Gasteiger partial charge in [0, 0.05) is 58.7 Å². The van der Waals surface area contributed by atoms with Gasteiger partial charge >= 0.3 is 5.97 Å². The Morgan fingerprint density at radius 2 is 1.34 bits per heavy atom. The molecule has 0 aliphatic carbocycles. The summed E-state index contributed by atoms with van der Waals surface area (Å²) in [5, 5.41) is 13.7. The first-order chi connectivity index (χ1) is 30.4. The Morgan fingerprint density at radius 3 is 1.97 bits per heavy atom. The van der Waals surface area contributed by atoms with Crippen molar-refractivity contribution >= 4 is 39.1 Å². The second kappa shape index (κ2) is 27.2. The fourth-order valence-corrected chi connectivity index (χ4v) is 7.82. The molecule has 2 N–H and O–H groups in total. The second-order valence-electron chi connectivity index (χ2n) is 14.7. The van der Waals surface area contributed by atoms with Crippen molar-refractivity contribution in [1.29, 1.82) is 0 Å². The molecule has 4 aromatic rings. The number of phenolic OH excluding ortho intramolecular Hbond substituents is 1. The normalized spacial score (nSPS) is 13.8. The number of hydrogen-bond donors (Lipinski definition) is 2. The first-order valence-electron chi connectivity index (χ1n) is 21.7. The summed E-state index contributed by atoms with van der Waals surface area (Å²) in [6.07, 6.45) is 32.5. The van der Waals surface area contributed by atoms with E-state index in [1.807, 2.05) is 30.3 Å². The van der Waals surface area contributed by atoms with E-state index in [-0.39, 0.29) is 30.4 Å². The number of aromatic hydroxyl groups is 1. The van der Waals surface area contributed by atoms with Crippen LogP contribution < -0.4 is 14.8 Å². The van der Waals surface area contributed by atoms with Crippen molar-refractivity contribution in [2.24, 2.45) is 0 Å². The Bertz CT molecular complexity index is 2190. The molecular formula is C52H60N2O7S. The highest BCUT2D eigenvalue weighted by molar-refractivity contribution is 7.22. The summed E-state index contributed by atoms with van der Waals surface area (Å²) in [6, 6.07) is 19.2. The molecule has 326 valence electrons. The summed E-state index contributed by atoms with van der Waals surface area (Å²) in [7, 11) is 0. The average Bonchev–Trinajstić information content (AvgIpc) is 3.66. The molecule has 1 amide bonds. The number of ether oxygens (including phenoxy) is 3. The van der Waals surface area contributed by atoms with Crippen LogP contribution in [0.25, 0.3) is 20.5 Å². The SMILES string of the molecule is CCC=CCC=CCC=CCC=CCC=CCC=CCCC(=O)NCCC(=O)Oc1ccc(-c2sc3cc(O)ccc3c2C(=O)c2ccc(OCCN3CCOCC3)cc2)cc1. The molecule has 1 saturated heterocycles. The molecule has 0 atom stereocenters. The molecule has 0 spiro atoms. The van der Waals surface area contributed by atoms with Crippen LogP contribution in [0.1, 0.15) is 80.6 Å². The lowest BCUT2D eigenvalue weighted by atomic mass is 9.97. The lowest BCUT2D eigenvalue weighted by Gasteiger charge is -2.26. The van der Waals surface area contributed by atoms with Crippen molar-refractivity contribution in [2.45, 2.75) is 64.7 Å². The van der Waals surface area contributed by atoms with Gasteiger partial charge in [0.2, 0.25) is 5.91 Å². The first kappa shape index (κ1) is 47.2. The Kier molecular flexibility index (Phi) is 20.7. The van der Waals surface area contributed by atoms with E-state index in [4.69, 9.17) is 14.2 Å². The van der Waals surface area contributed by atoms with Gasteiger partial charge in [0.1, 0.15) is 23.9 Å². The van der Waals surface area contributed by atoms with Gasteiger partial charge in [0.25, 0.3) is 0 Å². The number of benzene rings is 3. The van der Waals surface area contributed by atoms with E-state index in [1.54, 1.807) is 42.5 Å². The van der Waals surface area contributed by atoms with Crippen LogP contribution in [-0.4, -0.2) is 73.7 Å². The fourth-order valence-electron chi connectivity index (χ4n) is 6.58. The third kappa shape index (κ3) is 16.6. The Balaban J connectivity index is 1.00. The summed E-state index contributed by atoms with van der Waals surface area (Å²) in [5.41, 5.74) is 1.83. The summed E-state index contributed by atoms with van der Waals surface area (Å²) < 4.78 is 17.7. The highest BCUT2D eigenvalue weighted by atomic mass is 32.1. The quantitative estimate of drug-likeness (QED) is 0.0293. The number of hydrogen-bond acceptors (Lipinski definition) is 9. The average molecular weight is 857 g/mol. The lowest BCUT2D eigenvalue weighted by molar-refractivity contribution is -0.134. The van der Waals surface area contributed by atoms with Crippen LogP contribution >= 0.6 is 11.3 Å². The minimum absolute atomic E-state index is 0.0313. The number of carbonyl (C=O) groups is 3. The zero-order valence-corrected chi connectivity index (χ0v) is 36.7. The maximum absolute atomic E-state index is 14.1. The zero-order valence-electron chi connectivity index (χ0n) is 35.8. The first-order valence-corrected chi connectivity index (χ1v) is 22.5. The molecule has 1 aliphatic rings. The third-order valence-corrected chi connectivity index (χ3v) is 11.1. The smallest absolute Gasteiger partial charge is 0.312 e. The molecule has 0 bridgehead atoms. The van der Waals surface area contributed by atoms with Crippen molar-refractivity contribution < 1.29 is 33.7 Å². The fraction of sp³-hybridized carbons (Fsp3) is 0.327. The maximum Gasteiger partial charge on any atom is 0.312 e. The van der Waals surface area contributed by atoms with E-state index in [0.29, 0.717) is 42.1 Å². The summed E-state index contributed by atoms with van der Waals surface area (Å²) in [5.74, 6) is 0.445. The molecule has 9 nitrogen and oxygen atoms in total. The van der Waals surface area contributed by atoms with Gasteiger partial charge in [-0.15, -0.1) is 11.3 Å². The van der Waals surface area contributed by atoms with Crippen molar-refractivity contribution in [2.75, 3.05) is 46.0 Å². The van der Waals surface area contributed by atoms with Crippen LogP contribution in [0, 0.1) is 0 Å². The summed E-state index contributed by atoms with van der Waals surface area (Å²) in [6.45, 7) is 6.95. The molecular weight excluding hydrogens is 797 g/mol. The number of thiophene rings is 1. The highest BCUT2D eigenvalue weighted by Crippen LogP contribution is 2.41. The number of nitrogens with one attached hydrogen (secondary N) is 1. The molecule has 62 heavy (non-hydrogen) atoms. The van der Waals surface area contributed by atoms with Gasteiger partial charge in [-0.05, 0) is 117 Å². The van der Waals surface area contributed by atoms with Crippen LogP contribution in [0.15, 0.2) is 140 Å². The van der Waals surface area contributed by atoms with E-state index in [2.05, 4.69) is 84.0 Å². The van der Waals surface area contributed by atoms with Gasteiger partial charge in [-0.1, -0.05) is 79.8 Å². The Labute approximate surface area is 370 Å². The van der Waals surface area contributed by atoms with Crippen LogP contribution in [0.3, 0.4) is 0 Å². The van der Waals surface area contributed by atoms with Crippen LogP contribution in [-0.2, 0) is 14.3 Å². The van der Waals surface area contributed by atoms with Gasteiger partial charge in [-0.25, -0.2) is 0 Å². The molecule has 0 unspecified atom stereocenters. The van der Waals surface area contributed by atoms with Gasteiger partial charge in [-0.2, -0.15) is 0 Å². The van der Waals surface area contributed by atoms with Gasteiger partial charge < -0.3 is 24.6 Å². The molecule has 1 fully saturated rings. The number of morpholine rings is 1. The zero-order chi connectivity index (χ0) is 43.6. The number of amides is 1. The van der Waals surface area contributed by atoms with Gasteiger partial charge in [-0.3, -0.25) is 19.3 Å². The topological polar surface area (TPSA) is 114 Å². The Hall–Kier alpha value is -5.81. The van der Waals surface area contributed by atoms with Crippen LogP contribution in [0.4, 0.5) is 0 Å².